The summed E-state index contributed by atoms with van der Waals surface area (Å²) < 4.78 is 1.67. The molecule has 1 unspecified atom stereocenters. The predicted octanol–water partition coefficient (Wildman–Crippen LogP) is 1.04. The van der Waals surface area contributed by atoms with Gasteiger partial charge in [-0.3, -0.25) is 9.36 Å². The largest absolute Gasteiger partial charge is 0.378 e. The van der Waals surface area contributed by atoms with Crippen LogP contribution in [0.3, 0.4) is 0 Å². The minimum Gasteiger partial charge on any atom is -0.378 e. The fraction of sp³-hybridized carbons (Fsp3) is 0.308. The Kier molecular flexibility index (Phi) is 2.69. The molecule has 0 spiro atoms. The molecule has 0 radical (unpaired) electrons. The number of rotatable bonds is 3. The third-order valence-corrected chi connectivity index (χ3v) is 4.58. The van der Waals surface area contributed by atoms with Gasteiger partial charge in [0.05, 0.1) is 0 Å². The normalized spacial score (nSPS) is 20.4. The highest BCUT2D eigenvalue weighted by molar-refractivity contribution is 7.99. The van der Waals surface area contributed by atoms with Gasteiger partial charge in [0.15, 0.2) is 11.3 Å². The van der Waals surface area contributed by atoms with E-state index in [1.54, 1.807) is 16.7 Å². The zero-order chi connectivity index (χ0) is 14.6. The summed E-state index contributed by atoms with van der Waals surface area (Å²) in [6, 6.07) is 5.55. The van der Waals surface area contributed by atoms with E-state index in [1.807, 2.05) is 6.07 Å². The second-order valence-corrected chi connectivity index (χ2v) is 6.20. The Labute approximate surface area is 123 Å². The maximum absolute atomic E-state index is 11.7. The number of carbonyl (C=O) groups is 1. The van der Waals surface area contributed by atoms with Crippen LogP contribution < -0.4 is 11.0 Å². The van der Waals surface area contributed by atoms with Crippen molar-refractivity contribution in [2.45, 2.75) is 35.0 Å². The summed E-state index contributed by atoms with van der Waals surface area (Å²) in [5.74, 6) is -0.415. The molecule has 1 aliphatic heterocycles. The number of aliphatic hydroxyl groups excluding tert-OH is 1. The summed E-state index contributed by atoms with van der Waals surface area (Å²) in [6.45, 7) is 0. The van der Waals surface area contributed by atoms with Crippen molar-refractivity contribution >= 4 is 23.4 Å². The molecule has 7 nitrogen and oxygen atoms in total. The summed E-state index contributed by atoms with van der Waals surface area (Å²) >= 11 is 1.36. The number of amides is 1. The van der Waals surface area contributed by atoms with Crippen molar-refractivity contribution in [2.24, 2.45) is 0 Å². The first-order chi connectivity index (χ1) is 10.1. The first-order valence-corrected chi connectivity index (χ1v) is 7.43. The highest BCUT2D eigenvalue weighted by atomic mass is 32.2. The average Bonchev–Trinajstić information content (AvgIpc) is 3.17. The molecule has 1 saturated carbocycles. The molecule has 1 aromatic carbocycles. The van der Waals surface area contributed by atoms with Gasteiger partial charge in [0.2, 0.25) is 0 Å². The SMILES string of the molecule is O=C1Nc2cc(Sc3n[nH]c(=O)n3C3CC3)ccc2C1O. The number of nitrogens with one attached hydrogen (secondary N) is 2. The molecule has 3 N–H and O–H groups in total. The van der Waals surface area contributed by atoms with E-state index >= 15 is 0 Å². The maximum atomic E-state index is 11.7. The van der Waals surface area contributed by atoms with E-state index in [-0.39, 0.29) is 11.7 Å². The second kappa shape index (κ2) is 4.47. The molecule has 0 bridgehead atoms. The molecule has 1 fully saturated rings. The molecule has 1 atom stereocenters. The summed E-state index contributed by atoms with van der Waals surface area (Å²) in [6.07, 6.45) is 0.896. The van der Waals surface area contributed by atoms with Crippen LogP contribution in [0, 0.1) is 0 Å². The lowest BCUT2D eigenvalue weighted by molar-refractivity contribution is -0.123. The van der Waals surface area contributed by atoms with Crippen LogP contribution in [0.25, 0.3) is 0 Å². The number of benzene rings is 1. The van der Waals surface area contributed by atoms with E-state index in [0.717, 1.165) is 17.7 Å². The van der Waals surface area contributed by atoms with Crippen LogP contribution in [-0.4, -0.2) is 25.8 Å². The first kappa shape index (κ1) is 12.7. The van der Waals surface area contributed by atoms with Crippen LogP contribution in [0.4, 0.5) is 5.69 Å². The van der Waals surface area contributed by atoms with E-state index in [1.165, 1.54) is 11.8 Å². The number of nitrogens with zero attached hydrogens (tertiary/aromatic N) is 2. The Hall–Kier alpha value is -2.06. The van der Waals surface area contributed by atoms with Gasteiger partial charge in [-0.25, -0.2) is 9.89 Å². The smallest absolute Gasteiger partial charge is 0.344 e. The molecule has 1 amide bonds. The van der Waals surface area contributed by atoms with E-state index < -0.39 is 12.0 Å². The number of aromatic nitrogens is 3. The number of aromatic amines is 1. The van der Waals surface area contributed by atoms with Crippen LogP contribution in [-0.2, 0) is 4.79 Å². The minimum atomic E-state index is -1.10. The monoisotopic (exact) mass is 304 g/mol. The number of carbonyl (C=O) groups excluding carboxylic acids is 1. The summed E-state index contributed by atoms with van der Waals surface area (Å²) in [5, 5.41) is 19.4. The van der Waals surface area contributed by atoms with Gasteiger partial charge in [-0.15, -0.1) is 5.10 Å². The van der Waals surface area contributed by atoms with Crippen LogP contribution in [0.5, 0.6) is 0 Å². The Balaban J connectivity index is 1.66. The van der Waals surface area contributed by atoms with E-state index in [2.05, 4.69) is 15.5 Å². The topological polar surface area (TPSA) is 100 Å². The van der Waals surface area contributed by atoms with Gasteiger partial charge in [-0.2, -0.15) is 0 Å². The van der Waals surface area contributed by atoms with Gasteiger partial charge in [-0.1, -0.05) is 6.07 Å². The number of hydrogen-bond donors (Lipinski definition) is 3. The molecule has 1 aromatic heterocycles. The molecular weight excluding hydrogens is 292 g/mol. The lowest BCUT2D eigenvalue weighted by Crippen LogP contribution is -2.15. The van der Waals surface area contributed by atoms with Gasteiger partial charge >= 0.3 is 5.69 Å². The number of fused-ring (bicyclic) bond motifs is 1. The number of hydrogen-bond acceptors (Lipinski definition) is 5. The number of aliphatic hydroxyl groups is 1. The maximum Gasteiger partial charge on any atom is 0.344 e. The molecule has 8 heteroatoms. The van der Waals surface area contributed by atoms with Crippen LogP contribution in [0.15, 0.2) is 33.0 Å². The average molecular weight is 304 g/mol. The van der Waals surface area contributed by atoms with Gasteiger partial charge in [0, 0.05) is 22.2 Å². The van der Waals surface area contributed by atoms with Crippen molar-refractivity contribution in [3.05, 3.63) is 34.2 Å². The van der Waals surface area contributed by atoms with Gasteiger partial charge in [-0.05, 0) is 36.7 Å². The van der Waals surface area contributed by atoms with Gasteiger partial charge in [0.25, 0.3) is 5.91 Å². The molecule has 1 aliphatic carbocycles. The molecule has 2 heterocycles. The van der Waals surface area contributed by atoms with E-state index in [9.17, 15) is 14.7 Å². The van der Waals surface area contributed by atoms with Crippen LogP contribution >= 0.6 is 11.8 Å². The van der Waals surface area contributed by atoms with Crippen molar-refractivity contribution < 1.29 is 9.90 Å². The summed E-state index contributed by atoms with van der Waals surface area (Å²) in [4.78, 5) is 24.0. The fourth-order valence-electron chi connectivity index (χ4n) is 2.41. The number of anilines is 1. The summed E-state index contributed by atoms with van der Waals surface area (Å²) in [7, 11) is 0. The lowest BCUT2D eigenvalue weighted by atomic mass is 10.1. The minimum absolute atomic E-state index is 0.190. The van der Waals surface area contributed by atoms with Crippen LogP contribution in [0.2, 0.25) is 0 Å². The molecule has 2 aliphatic rings. The highest BCUT2D eigenvalue weighted by Crippen LogP contribution is 2.39. The molecule has 0 saturated heterocycles. The molecular formula is C13H12N4O3S. The Morgan fingerprint density at radius 3 is 2.90 bits per heavy atom. The quantitative estimate of drug-likeness (QED) is 0.787. The second-order valence-electron chi connectivity index (χ2n) is 5.16. The molecule has 21 heavy (non-hydrogen) atoms. The van der Waals surface area contributed by atoms with Crippen molar-refractivity contribution in [3.63, 3.8) is 0 Å². The van der Waals surface area contributed by atoms with E-state index in [0.29, 0.717) is 16.4 Å². The van der Waals surface area contributed by atoms with E-state index in [4.69, 9.17) is 0 Å². The Bertz CT molecular complexity index is 793. The Morgan fingerprint density at radius 1 is 1.33 bits per heavy atom. The van der Waals surface area contributed by atoms with Gasteiger partial charge in [0.1, 0.15) is 0 Å². The van der Waals surface area contributed by atoms with Crippen molar-refractivity contribution in [2.75, 3.05) is 5.32 Å². The molecule has 2 aromatic rings. The first-order valence-electron chi connectivity index (χ1n) is 6.61. The van der Waals surface area contributed by atoms with Crippen LogP contribution in [0.1, 0.15) is 30.6 Å². The third-order valence-electron chi connectivity index (χ3n) is 3.62. The predicted molar refractivity (Wildman–Crippen MR) is 75.3 cm³/mol. The lowest BCUT2D eigenvalue weighted by Gasteiger charge is -2.05. The van der Waals surface area contributed by atoms with Crippen molar-refractivity contribution in [3.8, 4) is 0 Å². The van der Waals surface area contributed by atoms with Crippen molar-refractivity contribution in [1.29, 1.82) is 0 Å². The highest BCUT2D eigenvalue weighted by Gasteiger charge is 2.30. The summed E-state index contributed by atoms with van der Waals surface area (Å²) in [5.41, 5.74) is 0.990. The van der Waals surface area contributed by atoms with Crippen molar-refractivity contribution in [1.82, 2.24) is 14.8 Å². The Morgan fingerprint density at radius 2 is 2.14 bits per heavy atom. The zero-order valence-electron chi connectivity index (χ0n) is 10.9. The standard InChI is InChI=1S/C13H12N4O3S/c18-10-8-4-3-7(5-9(8)14-11(10)19)21-13-16-15-12(20)17(13)6-1-2-6/h3-6,10,18H,1-2H2,(H,14,19)(H,15,20). The zero-order valence-corrected chi connectivity index (χ0v) is 11.7. The van der Waals surface area contributed by atoms with Gasteiger partial charge < -0.3 is 10.4 Å². The number of H-pyrrole nitrogens is 1. The fourth-order valence-corrected chi connectivity index (χ4v) is 3.36. The molecule has 4 rings (SSSR count). The third kappa shape index (κ3) is 2.07. The molecule has 108 valence electrons.